The predicted molar refractivity (Wildman–Crippen MR) is 81.6 cm³/mol. The summed E-state index contributed by atoms with van der Waals surface area (Å²) in [5.41, 5.74) is 1.33. The molecule has 1 unspecified atom stereocenters. The van der Waals surface area contributed by atoms with Gasteiger partial charge in [-0.05, 0) is 39.3 Å². The summed E-state index contributed by atoms with van der Waals surface area (Å²) in [6.07, 6.45) is 16.8. The van der Waals surface area contributed by atoms with Gasteiger partial charge in [-0.25, -0.2) is 0 Å². The van der Waals surface area contributed by atoms with Gasteiger partial charge in [0.15, 0.2) is 0 Å². The zero-order valence-corrected chi connectivity index (χ0v) is 12.4. The van der Waals surface area contributed by atoms with Crippen molar-refractivity contribution in [2.75, 3.05) is 0 Å². The van der Waals surface area contributed by atoms with E-state index in [0.717, 1.165) is 6.42 Å². The lowest BCUT2D eigenvalue weighted by Gasteiger charge is -2.38. The van der Waals surface area contributed by atoms with Crippen molar-refractivity contribution in [3.05, 3.63) is 36.6 Å². The third-order valence-electron chi connectivity index (χ3n) is 4.04. The summed E-state index contributed by atoms with van der Waals surface area (Å²) in [5, 5.41) is 0. The smallest absolute Gasteiger partial charge is 0.0470 e. The minimum atomic E-state index is 0.500. The van der Waals surface area contributed by atoms with Gasteiger partial charge < -0.3 is 4.90 Å². The fourth-order valence-corrected chi connectivity index (χ4v) is 2.74. The molecule has 0 N–H and O–H groups in total. The van der Waals surface area contributed by atoms with Crippen LogP contribution in [0.1, 0.15) is 59.3 Å². The molecule has 1 nitrogen and oxygen atoms in total. The van der Waals surface area contributed by atoms with Gasteiger partial charge in [0.2, 0.25) is 0 Å². The van der Waals surface area contributed by atoms with Gasteiger partial charge in [-0.15, -0.1) is 0 Å². The first kappa shape index (κ1) is 15.1. The van der Waals surface area contributed by atoms with E-state index in [0.29, 0.717) is 12.1 Å². The van der Waals surface area contributed by atoms with Crippen molar-refractivity contribution < 1.29 is 0 Å². The van der Waals surface area contributed by atoms with Crippen LogP contribution in [0.15, 0.2) is 36.6 Å². The summed E-state index contributed by atoms with van der Waals surface area (Å²) >= 11 is 0. The molecule has 0 aliphatic heterocycles. The highest BCUT2D eigenvalue weighted by Gasteiger charge is 2.22. The maximum atomic E-state index is 4.03. The van der Waals surface area contributed by atoms with E-state index in [9.17, 15) is 0 Å². The van der Waals surface area contributed by atoms with Gasteiger partial charge >= 0.3 is 0 Å². The lowest BCUT2D eigenvalue weighted by Crippen LogP contribution is -2.39. The van der Waals surface area contributed by atoms with Crippen molar-refractivity contribution in [3.63, 3.8) is 0 Å². The standard InChI is InChI=1S/C17H29N/c1-5-15(4)13-14-16(6-2)18(7-3)17-11-9-8-10-12-17/h5,7,13-14,16-17H,3,6,8-12H2,1-2,4H3/b14-13-,15-5+. The van der Waals surface area contributed by atoms with E-state index < -0.39 is 0 Å². The Morgan fingerprint density at radius 1 is 1.33 bits per heavy atom. The van der Waals surface area contributed by atoms with E-state index in [1.165, 1.54) is 37.7 Å². The van der Waals surface area contributed by atoms with Crippen LogP contribution < -0.4 is 0 Å². The number of hydrogen-bond donors (Lipinski definition) is 0. The summed E-state index contributed by atoms with van der Waals surface area (Å²) in [6.45, 7) is 10.5. The van der Waals surface area contributed by atoms with E-state index in [4.69, 9.17) is 0 Å². The number of nitrogens with zero attached hydrogens (tertiary/aromatic N) is 1. The molecule has 0 aromatic rings. The molecule has 1 aliphatic carbocycles. The Labute approximate surface area is 113 Å². The van der Waals surface area contributed by atoms with E-state index in [1.54, 1.807) is 0 Å². The van der Waals surface area contributed by atoms with Crippen molar-refractivity contribution in [1.29, 1.82) is 0 Å². The maximum absolute atomic E-state index is 4.03. The van der Waals surface area contributed by atoms with Crippen molar-refractivity contribution in [3.8, 4) is 0 Å². The lowest BCUT2D eigenvalue weighted by molar-refractivity contribution is 0.184. The number of hydrogen-bond acceptors (Lipinski definition) is 1. The molecule has 1 heteroatoms. The van der Waals surface area contributed by atoms with Gasteiger partial charge in [0.1, 0.15) is 0 Å². The maximum Gasteiger partial charge on any atom is 0.0470 e. The van der Waals surface area contributed by atoms with Crippen LogP contribution in [0.2, 0.25) is 0 Å². The minimum Gasteiger partial charge on any atom is -0.369 e. The van der Waals surface area contributed by atoms with Crippen LogP contribution in [-0.2, 0) is 0 Å². The fraction of sp³-hybridized carbons (Fsp3) is 0.647. The van der Waals surface area contributed by atoms with E-state index >= 15 is 0 Å². The highest BCUT2D eigenvalue weighted by Crippen LogP contribution is 2.25. The second-order valence-corrected chi connectivity index (χ2v) is 5.29. The van der Waals surface area contributed by atoms with E-state index in [1.807, 2.05) is 0 Å². The Morgan fingerprint density at radius 3 is 2.50 bits per heavy atom. The molecule has 1 rings (SSSR count). The van der Waals surface area contributed by atoms with E-state index in [-0.39, 0.29) is 0 Å². The first-order valence-corrected chi connectivity index (χ1v) is 7.44. The van der Waals surface area contributed by atoms with Crippen molar-refractivity contribution in [2.24, 2.45) is 0 Å². The van der Waals surface area contributed by atoms with Gasteiger partial charge in [0.25, 0.3) is 0 Å². The summed E-state index contributed by atoms with van der Waals surface area (Å²) in [7, 11) is 0. The van der Waals surface area contributed by atoms with Gasteiger partial charge in [-0.1, -0.05) is 56.6 Å². The SMILES string of the molecule is C=CN(C(/C=C\C(C)=C\C)CC)C1CCCCC1. The molecule has 102 valence electrons. The molecule has 0 spiro atoms. The number of rotatable bonds is 6. The zero-order chi connectivity index (χ0) is 13.4. The van der Waals surface area contributed by atoms with Crippen molar-refractivity contribution >= 4 is 0 Å². The normalized spacial score (nSPS) is 20.1. The molecule has 0 amide bonds. The zero-order valence-electron chi connectivity index (χ0n) is 12.4. The van der Waals surface area contributed by atoms with Crippen LogP contribution in [0, 0.1) is 0 Å². The van der Waals surface area contributed by atoms with Gasteiger partial charge in [0, 0.05) is 12.1 Å². The second kappa shape index (κ2) is 8.18. The third-order valence-corrected chi connectivity index (χ3v) is 4.04. The molecule has 0 aromatic heterocycles. The Kier molecular flexibility index (Phi) is 6.85. The number of allylic oxidation sites excluding steroid dienone is 3. The average molecular weight is 247 g/mol. The Balaban J connectivity index is 2.69. The van der Waals surface area contributed by atoms with Gasteiger partial charge in [0.05, 0.1) is 0 Å². The average Bonchev–Trinajstić information content (AvgIpc) is 2.43. The van der Waals surface area contributed by atoms with Crippen LogP contribution in [0.25, 0.3) is 0 Å². The predicted octanol–water partition coefficient (Wildman–Crippen LogP) is 5.07. The molecular formula is C17H29N. The molecule has 1 aliphatic rings. The van der Waals surface area contributed by atoms with Crippen LogP contribution in [0.4, 0.5) is 0 Å². The highest BCUT2D eigenvalue weighted by molar-refractivity contribution is 5.17. The Hall–Kier alpha value is -0.980. The lowest BCUT2D eigenvalue weighted by atomic mass is 9.93. The molecule has 0 saturated heterocycles. The Bertz CT molecular complexity index is 295. The van der Waals surface area contributed by atoms with Crippen LogP contribution in [0.3, 0.4) is 0 Å². The van der Waals surface area contributed by atoms with E-state index in [2.05, 4.69) is 56.7 Å². The molecule has 18 heavy (non-hydrogen) atoms. The van der Waals surface area contributed by atoms with Crippen LogP contribution >= 0.6 is 0 Å². The molecule has 1 fully saturated rings. The first-order chi connectivity index (χ1) is 8.72. The minimum absolute atomic E-state index is 0.500. The monoisotopic (exact) mass is 247 g/mol. The molecule has 1 saturated carbocycles. The van der Waals surface area contributed by atoms with Crippen LogP contribution in [0.5, 0.6) is 0 Å². The molecular weight excluding hydrogens is 218 g/mol. The molecule has 0 aromatic carbocycles. The molecule has 0 heterocycles. The summed E-state index contributed by atoms with van der Waals surface area (Å²) in [5.74, 6) is 0. The second-order valence-electron chi connectivity index (χ2n) is 5.29. The van der Waals surface area contributed by atoms with Gasteiger partial charge in [-0.3, -0.25) is 0 Å². The van der Waals surface area contributed by atoms with Crippen molar-refractivity contribution in [2.45, 2.75) is 71.4 Å². The topological polar surface area (TPSA) is 3.24 Å². The van der Waals surface area contributed by atoms with Crippen molar-refractivity contribution in [1.82, 2.24) is 4.90 Å². The third kappa shape index (κ3) is 4.36. The summed E-state index contributed by atoms with van der Waals surface area (Å²) in [4.78, 5) is 2.48. The first-order valence-electron chi connectivity index (χ1n) is 7.44. The highest BCUT2D eigenvalue weighted by atomic mass is 15.2. The fourth-order valence-electron chi connectivity index (χ4n) is 2.74. The summed E-state index contributed by atoms with van der Waals surface area (Å²) in [6, 6.07) is 1.21. The van der Waals surface area contributed by atoms with Crippen LogP contribution in [-0.4, -0.2) is 17.0 Å². The molecule has 0 bridgehead atoms. The molecule has 0 radical (unpaired) electrons. The largest absolute Gasteiger partial charge is 0.369 e. The quantitative estimate of drug-likeness (QED) is 0.593. The summed E-state index contributed by atoms with van der Waals surface area (Å²) < 4.78 is 0. The Morgan fingerprint density at radius 2 is 2.00 bits per heavy atom. The molecule has 1 atom stereocenters. The van der Waals surface area contributed by atoms with Gasteiger partial charge in [-0.2, -0.15) is 0 Å².